The lowest BCUT2D eigenvalue weighted by Crippen LogP contribution is -2.16. The number of rotatable bonds is 6. The van der Waals surface area contributed by atoms with Crippen LogP contribution < -0.4 is 11.1 Å². The zero-order valence-corrected chi connectivity index (χ0v) is 17.3. The predicted molar refractivity (Wildman–Crippen MR) is 119 cm³/mol. The van der Waals surface area contributed by atoms with Crippen LogP contribution in [0.25, 0.3) is 16.6 Å². The van der Waals surface area contributed by atoms with E-state index in [4.69, 9.17) is 10.7 Å². The van der Waals surface area contributed by atoms with Gasteiger partial charge in [-0.2, -0.15) is 0 Å². The van der Waals surface area contributed by atoms with Crippen LogP contribution >= 0.6 is 0 Å². The Morgan fingerprint density at radius 1 is 1.17 bits per heavy atom. The van der Waals surface area contributed by atoms with Crippen molar-refractivity contribution in [3.8, 4) is 0 Å². The first-order valence-corrected chi connectivity index (χ1v) is 10.5. The number of nitrogens with two attached hydrogens (primary N) is 1. The highest BCUT2D eigenvalue weighted by Crippen LogP contribution is 2.34. The third-order valence-electron chi connectivity index (χ3n) is 5.63. The second kappa shape index (κ2) is 8.37. The molecule has 4 nitrogen and oxygen atoms in total. The minimum absolute atomic E-state index is 0.173. The molecule has 3 N–H and O–H groups in total. The fourth-order valence-electron chi connectivity index (χ4n) is 4.16. The largest absolute Gasteiger partial charge is 0.354 e. The minimum Gasteiger partial charge on any atom is -0.354 e. The highest BCUT2D eigenvalue weighted by molar-refractivity contribution is 5.92. The molecule has 4 rings (SSSR count). The maximum atomic E-state index is 13.7. The Morgan fingerprint density at radius 3 is 2.76 bits per heavy atom. The molecule has 5 heteroatoms. The molecule has 0 unspecified atom stereocenters. The number of aryl methyl sites for hydroxylation is 2. The van der Waals surface area contributed by atoms with E-state index in [1.54, 1.807) is 13.0 Å². The van der Waals surface area contributed by atoms with Crippen LogP contribution in [-0.2, 0) is 6.54 Å². The molecule has 0 saturated carbocycles. The van der Waals surface area contributed by atoms with E-state index in [0.29, 0.717) is 25.2 Å². The van der Waals surface area contributed by atoms with Crippen molar-refractivity contribution < 1.29 is 4.39 Å². The van der Waals surface area contributed by atoms with Gasteiger partial charge in [0.2, 0.25) is 5.95 Å². The number of anilines is 1. The number of aromatic nitrogens is 2. The van der Waals surface area contributed by atoms with Gasteiger partial charge in [-0.1, -0.05) is 18.2 Å². The van der Waals surface area contributed by atoms with E-state index in [1.165, 1.54) is 29.5 Å². The Hall–Kier alpha value is -2.66. The molecule has 1 aromatic heterocycles. The summed E-state index contributed by atoms with van der Waals surface area (Å²) < 4.78 is 15.9. The highest BCUT2D eigenvalue weighted by atomic mass is 19.1. The molecule has 0 spiro atoms. The molecule has 0 atom stereocenters. The number of nitrogens with one attached hydrogen (secondary N) is 1. The third-order valence-corrected chi connectivity index (χ3v) is 5.63. The number of fused-ring (bicyclic) bond motifs is 1. The van der Waals surface area contributed by atoms with Gasteiger partial charge in [0.25, 0.3) is 0 Å². The molecule has 2 aromatic carbocycles. The summed E-state index contributed by atoms with van der Waals surface area (Å²) in [6.07, 6.45) is 7.11. The number of hydrogen-bond acceptors (Lipinski definition) is 3. The van der Waals surface area contributed by atoms with Crippen LogP contribution in [-0.4, -0.2) is 22.6 Å². The van der Waals surface area contributed by atoms with Crippen molar-refractivity contribution in [3.63, 3.8) is 0 Å². The van der Waals surface area contributed by atoms with Gasteiger partial charge in [-0.05, 0) is 80.0 Å². The van der Waals surface area contributed by atoms with Crippen molar-refractivity contribution in [1.82, 2.24) is 9.55 Å². The van der Waals surface area contributed by atoms with E-state index in [2.05, 4.69) is 35.0 Å². The third kappa shape index (κ3) is 4.06. The van der Waals surface area contributed by atoms with Crippen molar-refractivity contribution in [2.24, 2.45) is 5.73 Å². The van der Waals surface area contributed by atoms with Crippen LogP contribution in [0, 0.1) is 19.7 Å². The molecule has 1 aliphatic carbocycles. The van der Waals surface area contributed by atoms with Crippen molar-refractivity contribution in [1.29, 1.82) is 0 Å². The molecule has 0 aliphatic heterocycles. The van der Waals surface area contributed by atoms with Gasteiger partial charge in [-0.3, -0.25) is 0 Å². The van der Waals surface area contributed by atoms with Crippen molar-refractivity contribution in [2.45, 2.75) is 46.1 Å². The summed E-state index contributed by atoms with van der Waals surface area (Å²) in [5.41, 5.74) is 13.4. The van der Waals surface area contributed by atoms with Gasteiger partial charge in [0.15, 0.2) is 0 Å². The van der Waals surface area contributed by atoms with Crippen LogP contribution in [0.5, 0.6) is 0 Å². The fraction of sp³-hybridized carbons (Fsp3) is 0.375. The lowest BCUT2D eigenvalue weighted by atomic mass is 9.92. The molecular formula is C24H29FN4. The molecule has 3 aromatic rings. The molecule has 29 heavy (non-hydrogen) atoms. The Balaban J connectivity index is 1.85. The van der Waals surface area contributed by atoms with Gasteiger partial charge in [-0.15, -0.1) is 0 Å². The van der Waals surface area contributed by atoms with Crippen molar-refractivity contribution >= 4 is 22.6 Å². The van der Waals surface area contributed by atoms with E-state index < -0.39 is 0 Å². The molecule has 0 bridgehead atoms. The summed E-state index contributed by atoms with van der Waals surface area (Å²) in [4.78, 5) is 4.98. The first-order valence-electron chi connectivity index (χ1n) is 10.5. The number of hydrogen-bond donors (Lipinski definition) is 2. The quantitative estimate of drug-likeness (QED) is 0.609. The average Bonchev–Trinajstić information content (AvgIpc) is 3.06. The molecule has 152 valence electrons. The summed E-state index contributed by atoms with van der Waals surface area (Å²) in [6.45, 7) is 5.76. The summed E-state index contributed by atoms with van der Waals surface area (Å²) in [6, 6.07) is 9.75. The second-order valence-corrected chi connectivity index (χ2v) is 7.98. The van der Waals surface area contributed by atoms with Crippen LogP contribution in [0.2, 0.25) is 0 Å². The standard InChI is InChI=1S/C24H29FN4/c1-16-12-20(19-6-4-3-5-7-19)23-22(13-16)29(24(28-23)27-11-10-26)15-18-8-9-21(25)17(2)14-18/h6,8-9,12-14H,3-5,7,10-11,15,26H2,1-2H3,(H,27,28). The highest BCUT2D eigenvalue weighted by Gasteiger charge is 2.18. The summed E-state index contributed by atoms with van der Waals surface area (Å²) >= 11 is 0. The molecule has 0 saturated heterocycles. The monoisotopic (exact) mass is 392 g/mol. The summed E-state index contributed by atoms with van der Waals surface area (Å²) in [7, 11) is 0. The van der Waals surface area contributed by atoms with Gasteiger partial charge >= 0.3 is 0 Å². The Bertz CT molecular complexity index is 1060. The molecule has 0 radical (unpaired) electrons. The smallest absolute Gasteiger partial charge is 0.204 e. The van der Waals surface area contributed by atoms with E-state index in [0.717, 1.165) is 35.4 Å². The van der Waals surface area contributed by atoms with E-state index in [1.807, 2.05) is 12.1 Å². The molecule has 0 amide bonds. The molecule has 1 aliphatic rings. The fourth-order valence-corrected chi connectivity index (χ4v) is 4.16. The Kier molecular flexibility index (Phi) is 5.67. The predicted octanol–water partition coefficient (Wildman–Crippen LogP) is 5.17. The average molecular weight is 393 g/mol. The summed E-state index contributed by atoms with van der Waals surface area (Å²) in [5, 5.41) is 3.38. The topological polar surface area (TPSA) is 55.9 Å². The van der Waals surface area contributed by atoms with Gasteiger partial charge in [0, 0.05) is 18.7 Å². The normalized spacial score (nSPS) is 14.3. The first kappa shape index (κ1) is 19.6. The van der Waals surface area contributed by atoms with Gasteiger partial charge in [0.1, 0.15) is 5.82 Å². The Morgan fingerprint density at radius 2 is 2.03 bits per heavy atom. The Labute approximate surface area is 171 Å². The van der Waals surface area contributed by atoms with E-state index in [9.17, 15) is 4.39 Å². The SMILES string of the molecule is Cc1cc(C2=CCCCC2)c2nc(NCCN)n(Cc3ccc(F)c(C)c3)c2c1. The molecule has 1 heterocycles. The lowest BCUT2D eigenvalue weighted by Gasteiger charge is -2.15. The number of nitrogens with zero attached hydrogens (tertiary/aromatic N) is 2. The van der Waals surface area contributed by atoms with Crippen LogP contribution in [0.4, 0.5) is 10.3 Å². The van der Waals surface area contributed by atoms with Crippen molar-refractivity contribution in [3.05, 3.63) is 64.5 Å². The van der Waals surface area contributed by atoms with Crippen LogP contribution in [0.15, 0.2) is 36.4 Å². The van der Waals surface area contributed by atoms with Crippen LogP contribution in [0.1, 0.15) is 47.9 Å². The van der Waals surface area contributed by atoms with Gasteiger partial charge < -0.3 is 15.6 Å². The maximum Gasteiger partial charge on any atom is 0.204 e. The van der Waals surface area contributed by atoms with Crippen molar-refractivity contribution in [2.75, 3.05) is 18.4 Å². The van der Waals surface area contributed by atoms with Crippen LogP contribution in [0.3, 0.4) is 0 Å². The molecule has 0 fully saturated rings. The van der Waals surface area contributed by atoms with E-state index >= 15 is 0 Å². The molecular weight excluding hydrogens is 363 g/mol. The minimum atomic E-state index is -0.173. The first-order chi connectivity index (χ1) is 14.1. The summed E-state index contributed by atoms with van der Waals surface area (Å²) in [5.74, 6) is 0.642. The van der Waals surface area contributed by atoms with Gasteiger partial charge in [-0.25, -0.2) is 9.37 Å². The number of imidazole rings is 1. The number of benzene rings is 2. The number of halogens is 1. The zero-order valence-electron chi connectivity index (χ0n) is 17.3. The lowest BCUT2D eigenvalue weighted by molar-refractivity contribution is 0.617. The maximum absolute atomic E-state index is 13.7. The van der Waals surface area contributed by atoms with Gasteiger partial charge in [0.05, 0.1) is 17.6 Å². The van der Waals surface area contributed by atoms with E-state index in [-0.39, 0.29) is 5.82 Å². The second-order valence-electron chi connectivity index (χ2n) is 7.98. The zero-order chi connectivity index (χ0) is 20.4. The number of allylic oxidation sites excluding steroid dienone is 2.